The van der Waals surface area contributed by atoms with Crippen molar-refractivity contribution in [2.75, 3.05) is 24.6 Å². The van der Waals surface area contributed by atoms with Gasteiger partial charge in [0, 0.05) is 31.2 Å². The van der Waals surface area contributed by atoms with Gasteiger partial charge < -0.3 is 9.64 Å². The zero-order valence-corrected chi connectivity index (χ0v) is 15.3. The highest BCUT2D eigenvalue weighted by Crippen LogP contribution is 2.23. The van der Waals surface area contributed by atoms with Crippen LogP contribution in [0.1, 0.15) is 5.56 Å². The SMILES string of the molecule is c1ccc(CSc2cncc(N3CCOC(Cn4cccn4)C3)n2)cc1. The van der Waals surface area contributed by atoms with Crippen LogP contribution in [0, 0.1) is 0 Å². The maximum atomic E-state index is 5.88. The zero-order valence-electron chi connectivity index (χ0n) is 14.4. The van der Waals surface area contributed by atoms with E-state index in [4.69, 9.17) is 9.72 Å². The second-order valence-corrected chi connectivity index (χ2v) is 7.15. The molecule has 0 bridgehead atoms. The van der Waals surface area contributed by atoms with Gasteiger partial charge in [-0.1, -0.05) is 30.3 Å². The van der Waals surface area contributed by atoms with E-state index in [1.54, 1.807) is 18.0 Å². The molecule has 4 rings (SSSR count). The molecule has 3 aromatic rings. The molecule has 1 aliphatic heterocycles. The number of rotatable bonds is 6. The van der Waals surface area contributed by atoms with Crippen LogP contribution in [-0.4, -0.2) is 45.5 Å². The van der Waals surface area contributed by atoms with E-state index in [2.05, 4.69) is 39.2 Å². The summed E-state index contributed by atoms with van der Waals surface area (Å²) >= 11 is 1.71. The molecule has 7 heteroatoms. The third-order valence-corrected chi connectivity index (χ3v) is 5.21. The fraction of sp³-hybridized carbons (Fsp3) is 0.316. The topological polar surface area (TPSA) is 56.1 Å². The Balaban J connectivity index is 1.39. The van der Waals surface area contributed by atoms with Crippen molar-refractivity contribution in [2.45, 2.75) is 23.4 Å². The fourth-order valence-corrected chi connectivity index (χ4v) is 3.75. The Labute approximate surface area is 157 Å². The maximum Gasteiger partial charge on any atom is 0.148 e. The molecule has 26 heavy (non-hydrogen) atoms. The van der Waals surface area contributed by atoms with E-state index < -0.39 is 0 Å². The maximum absolute atomic E-state index is 5.88. The minimum Gasteiger partial charge on any atom is -0.373 e. The summed E-state index contributed by atoms with van der Waals surface area (Å²) in [6.07, 6.45) is 7.52. The van der Waals surface area contributed by atoms with Crippen LogP contribution in [-0.2, 0) is 17.0 Å². The van der Waals surface area contributed by atoms with Crippen LogP contribution in [0.5, 0.6) is 0 Å². The van der Waals surface area contributed by atoms with Crippen LogP contribution in [0.3, 0.4) is 0 Å². The van der Waals surface area contributed by atoms with Crippen molar-refractivity contribution in [3.63, 3.8) is 0 Å². The van der Waals surface area contributed by atoms with Gasteiger partial charge >= 0.3 is 0 Å². The Morgan fingerprint density at radius 3 is 2.92 bits per heavy atom. The second kappa shape index (κ2) is 8.33. The molecule has 0 aliphatic carbocycles. The van der Waals surface area contributed by atoms with E-state index in [1.165, 1.54) is 5.56 Å². The average Bonchev–Trinajstić information content (AvgIpc) is 3.21. The molecule has 0 radical (unpaired) electrons. The molecule has 0 spiro atoms. The number of morpholine rings is 1. The Bertz CT molecular complexity index is 812. The Kier molecular flexibility index (Phi) is 5.47. The fourth-order valence-electron chi connectivity index (χ4n) is 2.95. The number of thioether (sulfide) groups is 1. The van der Waals surface area contributed by atoms with Crippen molar-refractivity contribution in [3.05, 3.63) is 66.7 Å². The number of hydrogen-bond donors (Lipinski definition) is 0. The summed E-state index contributed by atoms with van der Waals surface area (Å²) in [5.41, 5.74) is 1.29. The number of aromatic nitrogens is 4. The molecule has 6 nitrogen and oxygen atoms in total. The Hall–Kier alpha value is -2.38. The normalized spacial score (nSPS) is 17.4. The lowest BCUT2D eigenvalue weighted by Gasteiger charge is -2.33. The lowest BCUT2D eigenvalue weighted by atomic mass is 10.2. The van der Waals surface area contributed by atoms with E-state index in [-0.39, 0.29) is 6.10 Å². The smallest absolute Gasteiger partial charge is 0.148 e. The van der Waals surface area contributed by atoms with Crippen LogP contribution in [0.4, 0.5) is 5.82 Å². The summed E-state index contributed by atoms with van der Waals surface area (Å²) in [6.45, 7) is 3.06. The molecule has 1 unspecified atom stereocenters. The van der Waals surface area contributed by atoms with E-state index in [0.717, 1.165) is 36.2 Å². The lowest BCUT2D eigenvalue weighted by molar-refractivity contribution is 0.0271. The number of ether oxygens (including phenoxy) is 1. The predicted octanol–water partition coefficient (Wildman–Crippen LogP) is 2.87. The zero-order chi connectivity index (χ0) is 17.6. The first-order chi connectivity index (χ1) is 12.9. The van der Waals surface area contributed by atoms with Gasteiger partial charge in [0.15, 0.2) is 0 Å². The minimum absolute atomic E-state index is 0.103. The first-order valence-corrected chi connectivity index (χ1v) is 9.68. The number of nitrogens with zero attached hydrogens (tertiary/aromatic N) is 5. The van der Waals surface area contributed by atoms with Crippen LogP contribution < -0.4 is 4.90 Å². The summed E-state index contributed by atoms with van der Waals surface area (Å²) in [6, 6.07) is 12.3. The number of anilines is 1. The van der Waals surface area contributed by atoms with E-state index >= 15 is 0 Å². The van der Waals surface area contributed by atoms with Crippen LogP contribution in [0.2, 0.25) is 0 Å². The molecular weight excluding hydrogens is 346 g/mol. The molecule has 1 aromatic carbocycles. The highest BCUT2D eigenvalue weighted by molar-refractivity contribution is 7.98. The highest BCUT2D eigenvalue weighted by Gasteiger charge is 2.22. The summed E-state index contributed by atoms with van der Waals surface area (Å²) in [5.74, 6) is 1.81. The van der Waals surface area contributed by atoms with Gasteiger partial charge in [-0.2, -0.15) is 5.10 Å². The molecule has 134 valence electrons. The van der Waals surface area contributed by atoms with Gasteiger partial charge in [-0.15, -0.1) is 11.8 Å². The van der Waals surface area contributed by atoms with E-state index in [1.807, 2.05) is 35.4 Å². The highest BCUT2D eigenvalue weighted by atomic mass is 32.2. The van der Waals surface area contributed by atoms with Gasteiger partial charge in [0.1, 0.15) is 10.8 Å². The van der Waals surface area contributed by atoms with Crippen LogP contribution in [0.15, 0.2) is 66.2 Å². The summed E-state index contributed by atoms with van der Waals surface area (Å²) in [4.78, 5) is 11.4. The van der Waals surface area contributed by atoms with Crippen LogP contribution >= 0.6 is 11.8 Å². The van der Waals surface area contributed by atoms with E-state index in [9.17, 15) is 0 Å². The Morgan fingerprint density at radius 2 is 2.08 bits per heavy atom. The van der Waals surface area contributed by atoms with Crippen LogP contribution in [0.25, 0.3) is 0 Å². The van der Waals surface area contributed by atoms with Gasteiger partial charge in [0.25, 0.3) is 0 Å². The first kappa shape index (κ1) is 17.1. The molecule has 0 N–H and O–H groups in total. The van der Waals surface area contributed by atoms with Crippen molar-refractivity contribution >= 4 is 17.6 Å². The van der Waals surface area contributed by atoms with Crippen molar-refractivity contribution in [3.8, 4) is 0 Å². The average molecular weight is 367 g/mol. The molecule has 2 aromatic heterocycles. The molecule has 3 heterocycles. The molecule has 1 fully saturated rings. The molecule has 0 saturated carbocycles. The third kappa shape index (κ3) is 4.42. The second-order valence-electron chi connectivity index (χ2n) is 6.16. The van der Waals surface area contributed by atoms with Gasteiger partial charge in [0.05, 0.1) is 31.6 Å². The Morgan fingerprint density at radius 1 is 1.15 bits per heavy atom. The van der Waals surface area contributed by atoms with Gasteiger partial charge in [-0.05, 0) is 11.6 Å². The van der Waals surface area contributed by atoms with Gasteiger partial charge in [-0.25, -0.2) is 4.98 Å². The summed E-state index contributed by atoms with van der Waals surface area (Å²) in [7, 11) is 0. The third-order valence-electron chi connectivity index (χ3n) is 4.24. The quantitative estimate of drug-likeness (QED) is 0.625. The van der Waals surface area contributed by atoms with Crippen molar-refractivity contribution in [2.24, 2.45) is 0 Å². The van der Waals surface area contributed by atoms with E-state index in [0.29, 0.717) is 6.61 Å². The molecule has 0 amide bonds. The first-order valence-electron chi connectivity index (χ1n) is 8.69. The summed E-state index contributed by atoms with van der Waals surface area (Å²) < 4.78 is 7.79. The standard InChI is InChI=1S/C19H21N5OS/c1-2-5-16(6-3-1)15-26-19-12-20-11-18(22-19)23-9-10-25-17(13-23)14-24-8-4-7-21-24/h1-8,11-12,17H,9-10,13-15H2. The summed E-state index contributed by atoms with van der Waals surface area (Å²) in [5, 5.41) is 5.21. The number of benzene rings is 1. The van der Waals surface area contributed by atoms with Gasteiger partial charge in [0.2, 0.25) is 0 Å². The monoisotopic (exact) mass is 367 g/mol. The minimum atomic E-state index is 0.103. The largest absolute Gasteiger partial charge is 0.373 e. The lowest BCUT2D eigenvalue weighted by Crippen LogP contribution is -2.44. The molecule has 1 aliphatic rings. The van der Waals surface area contributed by atoms with Crippen molar-refractivity contribution in [1.29, 1.82) is 0 Å². The molecule has 1 saturated heterocycles. The van der Waals surface area contributed by atoms with Gasteiger partial charge in [-0.3, -0.25) is 9.67 Å². The van der Waals surface area contributed by atoms with Crippen molar-refractivity contribution in [1.82, 2.24) is 19.7 Å². The number of hydrogen-bond acceptors (Lipinski definition) is 6. The molecule has 1 atom stereocenters. The predicted molar refractivity (Wildman–Crippen MR) is 102 cm³/mol. The molecular formula is C19H21N5OS. The van der Waals surface area contributed by atoms with Crippen molar-refractivity contribution < 1.29 is 4.74 Å².